The summed E-state index contributed by atoms with van der Waals surface area (Å²) in [6.07, 6.45) is 0.525. The van der Waals surface area contributed by atoms with E-state index in [9.17, 15) is 9.90 Å². The van der Waals surface area contributed by atoms with Gasteiger partial charge in [0.25, 0.3) is 0 Å². The van der Waals surface area contributed by atoms with E-state index in [-0.39, 0.29) is 18.2 Å². The van der Waals surface area contributed by atoms with Crippen molar-refractivity contribution in [1.29, 1.82) is 0 Å². The minimum atomic E-state index is -0.984. The maximum absolute atomic E-state index is 12.6. The second-order valence-electron chi connectivity index (χ2n) is 8.13. The van der Waals surface area contributed by atoms with Crippen LogP contribution in [0.3, 0.4) is 0 Å². The van der Waals surface area contributed by atoms with Gasteiger partial charge in [0, 0.05) is 12.8 Å². The van der Waals surface area contributed by atoms with Crippen LogP contribution >= 0.6 is 0 Å². The molecule has 0 aromatic heterocycles. The Balaban J connectivity index is 1.79. The minimum Gasteiger partial charge on any atom is -0.494 e. The van der Waals surface area contributed by atoms with Crippen LogP contribution < -0.4 is 4.74 Å². The number of hydrogen-bond acceptors (Lipinski definition) is 5. The molecule has 6 nitrogen and oxygen atoms in total. The fourth-order valence-corrected chi connectivity index (χ4v) is 3.85. The summed E-state index contributed by atoms with van der Waals surface area (Å²) in [6.45, 7) is 8.95. The molecule has 6 heteroatoms. The highest BCUT2D eigenvalue weighted by Crippen LogP contribution is 2.41. The number of rotatable bonds is 3. The van der Waals surface area contributed by atoms with Gasteiger partial charge in [-0.2, -0.15) is 0 Å². The van der Waals surface area contributed by atoms with Gasteiger partial charge in [0.2, 0.25) is 0 Å². The Morgan fingerprint density at radius 3 is 2.31 bits per heavy atom. The molecule has 2 heterocycles. The van der Waals surface area contributed by atoms with Crippen molar-refractivity contribution in [1.82, 2.24) is 4.90 Å². The number of carbonyl (C=O) groups is 1. The summed E-state index contributed by atoms with van der Waals surface area (Å²) in [6, 6.07) is 7.17. The van der Waals surface area contributed by atoms with E-state index < -0.39 is 11.2 Å². The van der Waals surface area contributed by atoms with E-state index in [1.807, 2.05) is 52.0 Å². The SMILES string of the molecule is CCOc1ccc(C2(O)CC3COCC(C2)N3C(=O)OC(C)(C)C)cc1. The number of benzene rings is 1. The summed E-state index contributed by atoms with van der Waals surface area (Å²) >= 11 is 0. The second-order valence-corrected chi connectivity index (χ2v) is 8.13. The quantitative estimate of drug-likeness (QED) is 0.894. The molecule has 1 aromatic carbocycles. The fraction of sp³-hybridized carbons (Fsp3) is 0.650. The van der Waals surface area contributed by atoms with Gasteiger partial charge in [-0.3, -0.25) is 4.90 Å². The van der Waals surface area contributed by atoms with Crippen LogP contribution in [-0.4, -0.2) is 53.6 Å². The van der Waals surface area contributed by atoms with Crippen molar-refractivity contribution in [2.24, 2.45) is 0 Å². The van der Waals surface area contributed by atoms with Crippen molar-refractivity contribution >= 4 is 6.09 Å². The van der Waals surface area contributed by atoms with E-state index in [4.69, 9.17) is 14.2 Å². The predicted octanol–water partition coefficient (Wildman–Crippen LogP) is 3.07. The first-order valence-corrected chi connectivity index (χ1v) is 9.26. The van der Waals surface area contributed by atoms with Crippen molar-refractivity contribution in [2.75, 3.05) is 19.8 Å². The van der Waals surface area contributed by atoms with E-state index in [0.717, 1.165) is 11.3 Å². The molecule has 2 saturated heterocycles. The molecule has 1 N–H and O–H groups in total. The van der Waals surface area contributed by atoms with E-state index >= 15 is 0 Å². The lowest BCUT2D eigenvalue weighted by Gasteiger charge is -2.51. The van der Waals surface area contributed by atoms with Gasteiger partial charge < -0.3 is 19.3 Å². The molecule has 0 saturated carbocycles. The Labute approximate surface area is 155 Å². The number of fused-ring (bicyclic) bond motifs is 2. The maximum Gasteiger partial charge on any atom is 0.410 e. The molecule has 144 valence electrons. The summed E-state index contributed by atoms with van der Waals surface area (Å²) in [7, 11) is 0. The monoisotopic (exact) mass is 363 g/mol. The third kappa shape index (κ3) is 3.96. The van der Waals surface area contributed by atoms with Crippen LogP contribution in [0.25, 0.3) is 0 Å². The number of piperidine rings is 1. The maximum atomic E-state index is 12.6. The smallest absolute Gasteiger partial charge is 0.410 e. The molecule has 1 aromatic rings. The molecular weight excluding hydrogens is 334 g/mol. The zero-order chi connectivity index (χ0) is 18.9. The fourth-order valence-electron chi connectivity index (χ4n) is 3.85. The van der Waals surface area contributed by atoms with E-state index in [1.165, 1.54) is 0 Å². The van der Waals surface area contributed by atoms with Crippen molar-refractivity contribution in [3.63, 3.8) is 0 Å². The lowest BCUT2D eigenvalue weighted by atomic mass is 9.77. The van der Waals surface area contributed by atoms with Gasteiger partial charge in [0.15, 0.2) is 0 Å². The van der Waals surface area contributed by atoms with Crippen LogP contribution in [0.5, 0.6) is 5.75 Å². The van der Waals surface area contributed by atoms with E-state index in [2.05, 4.69) is 0 Å². The first kappa shape index (κ1) is 19.0. The largest absolute Gasteiger partial charge is 0.494 e. The number of carbonyl (C=O) groups excluding carboxylic acids is 1. The normalized spacial score (nSPS) is 28.6. The number of morpholine rings is 1. The van der Waals surface area contributed by atoms with E-state index in [1.54, 1.807) is 4.90 Å². The van der Waals surface area contributed by atoms with Crippen molar-refractivity contribution in [3.05, 3.63) is 29.8 Å². The molecule has 2 aliphatic rings. The van der Waals surface area contributed by atoms with E-state index in [0.29, 0.717) is 32.7 Å². The third-order valence-electron chi connectivity index (χ3n) is 4.86. The third-order valence-corrected chi connectivity index (χ3v) is 4.86. The van der Waals surface area contributed by atoms with Gasteiger partial charge >= 0.3 is 6.09 Å². The molecule has 0 radical (unpaired) electrons. The van der Waals surface area contributed by atoms with Gasteiger partial charge in [-0.1, -0.05) is 12.1 Å². The van der Waals surface area contributed by atoms with Crippen LogP contribution in [-0.2, 0) is 15.1 Å². The Morgan fingerprint density at radius 2 is 1.81 bits per heavy atom. The number of nitrogens with zero attached hydrogens (tertiary/aromatic N) is 1. The molecule has 2 aliphatic heterocycles. The molecule has 1 amide bonds. The topological polar surface area (TPSA) is 68.2 Å². The van der Waals surface area contributed by atoms with Crippen molar-refractivity contribution in [2.45, 2.75) is 63.8 Å². The zero-order valence-corrected chi connectivity index (χ0v) is 16.0. The first-order chi connectivity index (χ1) is 12.2. The summed E-state index contributed by atoms with van der Waals surface area (Å²) in [5, 5.41) is 11.3. The summed E-state index contributed by atoms with van der Waals surface area (Å²) in [5.41, 5.74) is -0.682. The predicted molar refractivity (Wildman–Crippen MR) is 97.2 cm³/mol. The lowest BCUT2D eigenvalue weighted by Crippen LogP contribution is -2.63. The number of aliphatic hydroxyl groups is 1. The minimum absolute atomic E-state index is 0.200. The highest BCUT2D eigenvalue weighted by Gasteiger charge is 2.49. The average molecular weight is 363 g/mol. The highest BCUT2D eigenvalue weighted by molar-refractivity contribution is 5.69. The molecule has 3 rings (SSSR count). The summed E-state index contributed by atoms with van der Waals surface area (Å²) < 4.78 is 16.7. The standard InChI is InChI=1S/C20H29NO5/c1-5-25-17-8-6-14(7-9-17)20(23)10-15-12-24-13-16(11-20)21(15)18(22)26-19(2,3)4/h6-9,15-16,23H,5,10-13H2,1-4H3. The van der Waals surface area contributed by atoms with Gasteiger partial charge in [-0.15, -0.1) is 0 Å². The van der Waals surface area contributed by atoms with Crippen LogP contribution in [0.4, 0.5) is 4.79 Å². The van der Waals surface area contributed by atoms with Crippen molar-refractivity contribution in [3.8, 4) is 5.75 Å². The van der Waals surface area contributed by atoms with Crippen LogP contribution in [0.1, 0.15) is 46.1 Å². The van der Waals surface area contributed by atoms with Gasteiger partial charge in [-0.05, 0) is 45.4 Å². The number of ether oxygens (including phenoxy) is 3. The Morgan fingerprint density at radius 1 is 1.23 bits per heavy atom. The number of hydrogen-bond donors (Lipinski definition) is 1. The molecule has 2 unspecified atom stereocenters. The lowest BCUT2D eigenvalue weighted by molar-refractivity contribution is -0.141. The zero-order valence-electron chi connectivity index (χ0n) is 16.0. The number of amides is 1. The molecule has 0 spiro atoms. The Kier molecular flexibility index (Phi) is 5.17. The molecule has 2 bridgehead atoms. The molecule has 2 fully saturated rings. The summed E-state index contributed by atoms with van der Waals surface area (Å²) in [4.78, 5) is 14.4. The molecule has 2 atom stereocenters. The van der Waals surface area contributed by atoms with Gasteiger partial charge in [0.05, 0.1) is 37.5 Å². The van der Waals surface area contributed by atoms with Crippen LogP contribution in [0.2, 0.25) is 0 Å². The van der Waals surface area contributed by atoms with Crippen molar-refractivity contribution < 1.29 is 24.1 Å². The Bertz CT molecular complexity index is 623. The Hall–Kier alpha value is -1.79. The van der Waals surface area contributed by atoms with Crippen LogP contribution in [0, 0.1) is 0 Å². The molecule has 0 aliphatic carbocycles. The molecule has 26 heavy (non-hydrogen) atoms. The van der Waals surface area contributed by atoms with Gasteiger partial charge in [0.1, 0.15) is 11.4 Å². The average Bonchev–Trinajstić information content (AvgIpc) is 2.53. The first-order valence-electron chi connectivity index (χ1n) is 9.26. The highest BCUT2D eigenvalue weighted by atomic mass is 16.6. The van der Waals surface area contributed by atoms with Gasteiger partial charge in [-0.25, -0.2) is 4.79 Å². The van der Waals surface area contributed by atoms with Crippen LogP contribution in [0.15, 0.2) is 24.3 Å². The second kappa shape index (κ2) is 7.08. The summed E-state index contributed by atoms with van der Waals surface area (Å²) in [5.74, 6) is 0.787. The molecular formula is C20H29NO5.